The van der Waals surface area contributed by atoms with Gasteiger partial charge >= 0.3 is 6.55 Å². The summed E-state index contributed by atoms with van der Waals surface area (Å²) in [7, 11) is 0. The van der Waals surface area contributed by atoms with Crippen LogP contribution in [0.4, 0.5) is 8.78 Å². The molecule has 0 bridgehead atoms. The smallest absolute Gasteiger partial charge is 0.297 e. The van der Waals surface area contributed by atoms with E-state index in [0.717, 1.165) is 24.2 Å². The Morgan fingerprint density at radius 3 is 2.27 bits per heavy atom. The van der Waals surface area contributed by atoms with Crippen molar-refractivity contribution in [2.45, 2.75) is 39.3 Å². The molecule has 1 atom stereocenters. The monoisotopic (exact) mass is 305 g/mol. The fraction of sp³-hybridized carbons (Fsp3) is 0.471. The lowest BCUT2D eigenvalue weighted by Crippen LogP contribution is -2.23. The van der Waals surface area contributed by atoms with Crippen molar-refractivity contribution in [3.05, 3.63) is 41.7 Å². The molecule has 1 aliphatic rings. The van der Waals surface area contributed by atoms with Gasteiger partial charge in [0.1, 0.15) is 0 Å². The maximum Gasteiger partial charge on any atom is 0.333 e. The normalized spacial score (nSPS) is 17.3. The first kappa shape index (κ1) is 15.2. The summed E-state index contributed by atoms with van der Waals surface area (Å²) in [6.07, 6.45) is 3.96. The van der Waals surface area contributed by atoms with Crippen LogP contribution in [0, 0.1) is 6.92 Å². The lowest BCUT2D eigenvalue weighted by Gasteiger charge is -2.24. The van der Waals surface area contributed by atoms with E-state index in [4.69, 9.17) is 0 Å². The second-order valence-electron chi connectivity index (χ2n) is 5.93. The summed E-state index contributed by atoms with van der Waals surface area (Å²) in [5, 5.41) is 3.87. The molecule has 0 saturated carbocycles. The van der Waals surface area contributed by atoms with Crippen molar-refractivity contribution >= 4 is 0 Å². The summed E-state index contributed by atoms with van der Waals surface area (Å²) in [6.45, 7) is 3.70. The predicted molar refractivity (Wildman–Crippen MR) is 82.9 cm³/mol. The van der Waals surface area contributed by atoms with Crippen molar-refractivity contribution in [3.63, 3.8) is 0 Å². The molecule has 1 fully saturated rings. The number of rotatable bonds is 4. The zero-order valence-corrected chi connectivity index (χ0v) is 13.0. The maximum absolute atomic E-state index is 12.7. The molecular weight excluding hydrogens is 284 g/mol. The fourth-order valence-electron chi connectivity index (χ4n) is 3.15. The second-order valence-corrected chi connectivity index (χ2v) is 5.93. The fourth-order valence-corrected chi connectivity index (χ4v) is 3.15. The van der Waals surface area contributed by atoms with E-state index in [-0.39, 0.29) is 0 Å². The van der Waals surface area contributed by atoms with E-state index in [0.29, 0.717) is 16.4 Å². The van der Waals surface area contributed by atoms with E-state index in [9.17, 15) is 8.78 Å². The zero-order chi connectivity index (χ0) is 15.7. The van der Waals surface area contributed by atoms with Gasteiger partial charge in [0, 0.05) is 17.8 Å². The van der Waals surface area contributed by atoms with Crippen LogP contribution in [0.3, 0.4) is 0 Å². The third-order valence-corrected chi connectivity index (χ3v) is 4.51. The Balaban J connectivity index is 1.82. The molecule has 0 amide bonds. The molecule has 22 heavy (non-hydrogen) atoms. The molecule has 118 valence electrons. The van der Waals surface area contributed by atoms with Gasteiger partial charge in [0.2, 0.25) is 0 Å². The Morgan fingerprint density at radius 2 is 1.73 bits per heavy atom. The number of nitrogens with zero attached hydrogens (tertiary/aromatic N) is 3. The van der Waals surface area contributed by atoms with Crippen molar-refractivity contribution in [1.82, 2.24) is 14.7 Å². The summed E-state index contributed by atoms with van der Waals surface area (Å²) in [5.41, 5.74) is 3.59. The Morgan fingerprint density at radius 1 is 1.09 bits per heavy atom. The molecule has 1 aliphatic heterocycles. The van der Waals surface area contributed by atoms with Gasteiger partial charge in [-0.15, -0.1) is 0 Å². The Labute approximate surface area is 129 Å². The van der Waals surface area contributed by atoms with Gasteiger partial charge in [-0.05, 0) is 50.9 Å². The van der Waals surface area contributed by atoms with Crippen molar-refractivity contribution in [2.75, 3.05) is 13.1 Å². The third-order valence-electron chi connectivity index (χ3n) is 4.51. The second kappa shape index (κ2) is 6.16. The summed E-state index contributed by atoms with van der Waals surface area (Å²) in [6, 6.07) is 8.60. The molecule has 2 aromatic rings. The molecule has 0 radical (unpaired) electrons. The molecule has 2 heterocycles. The van der Waals surface area contributed by atoms with Crippen LogP contribution in [0.15, 0.2) is 30.5 Å². The van der Waals surface area contributed by atoms with Gasteiger partial charge in [-0.2, -0.15) is 13.9 Å². The van der Waals surface area contributed by atoms with Crippen LogP contribution in [0.5, 0.6) is 0 Å². The number of halogens is 2. The highest BCUT2D eigenvalue weighted by atomic mass is 19.3. The maximum atomic E-state index is 12.7. The van der Waals surface area contributed by atoms with Gasteiger partial charge in [-0.3, -0.25) is 4.90 Å². The van der Waals surface area contributed by atoms with Gasteiger partial charge in [0.05, 0.1) is 5.69 Å². The SMILES string of the molecule is Cc1nn(C(F)F)cc1-c1ccc(C(C)N2CCCC2)cc1. The van der Waals surface area contributed by atoms with E-state index in [1.54, 1.807) is 6.92 Å². The molecule has 5 heteroatoms. The van der Waals surface area contributed by atoms with Gasteiger partial charge < -0.3 is 0 Å². The summed E-state index contributed by atoms with van der Waals surface area (Å²) in [5.74, 6) is 0. The number of benzene rings is 1. The average molecular weight is 305 g/mol. The first-order valence-electron chi connectivity index (χ1n) is 7.74. The van der Waals surface area contributed by atoms with E-state index in [1.165, 1.54) is 24.6 Å². The molecule has 1 saturated heterocycles. The lowest BCUT2D eigenvalue weighted by molar-refractivity contribution is 0.0563. The first-order chi connectivity index (χ1) is 10.6. The Hall–Kier alpha value is -1.75. The first-order valence-corrected chi connectivity index (χ1v) is 7.74. The quantitative estimate of drug-likeness (QED) is 0.834. The highest BCUT2D eigenvalue weighted by molar-refractivity contribution is 5.65. The van der Waals surface area contributed by atoms with Crippen molar-refractivity contribution in [3.8, 4) is 11.1 Å². The van der Waals surface area contributed by atoms with E-state index in [1.807, 2.05) is 12.1 Å². The van der Waals surface area contributed by atoms with Crippen LogP contribution in [-0.2, 0) is 0 Å². The number of hydrogen-bond acceptors (Lipinski definition) is 2. The Bertz CT molecular complexity index is 628. The summed E-state index contributed by atoms with van der Waals surface area (Å²) >= 11 is 0. The molecule has 1 aromatic heterocycles. The summed E-state index contributed by atoms with van der Waals surface area (Å²) < 4.78 is 26.1. The highest BCUT2D eigenvalue weighted by Crippen LogP contribution is 2.29. The van der Waals surface area contributed by atoms with Crippen molar-refractivity contribution in [2.24, 2.45) is 0 Å². The minimum absolute atomic E-state index is 0.404. The minimum Gasteiger partial charge on any atom is -0.297 e. The zero-order valence-electron chi connectivity index (χ0n) is 13.0. The number of alkyl halides is 2. The molecular formula is C17H21F2N3. The molecule has 0 aliphatic carbocycles. The minimum atomic E-state index is -2.60. The van der Waals surface area contributed by atoms with Crippen LogP contribution < -0.4 is 0 Å². The van der Waals surface area contributed by atoms with Crippen LogP contribution in [0.1, 0.15) is 43.6 Å². The Kier molecular flexibility index (Phi) is 4.25. The largest absolute Gasteiger partial charge is 0.333 e. The van der Waals surface area contributed by atoms with Crippen molar-refractivity contribution < 1.29 is 8.78 Å². The van der Waals surface area contributed by atoms with E-state index >= 15 is 0 Å². The molecule has 3 rings (SSSR count). The topological polar surface area (TPSA) is 21.1 Å². The van der Waals surface area contributed by atoms with Crippen LogP contribution >= 0.6 is 0 Å². The number of aryl methyl sites for hydroxylation is 1. The average Bonchev–Trinajstić information content (AvgIpc) is 3.16. The van der Waals surface area contributed by atoms with Gasteiger partial charge in [-0.1, -0.05) is 24.3 Å². The predicted octanol–water partition coefficient (Wildman–Crippen LogP) is 4.41. The van der Waals surface area contributed by atoms with Crippen molar-refractivity contribution in [1.29, 1.82) is 0 Å². The van der Waals surface area contributed by atoms with E-state index < -0.39 is 6.55 Å². The van der Waals surface area contributed by atoms with E-state index in [2.05, 4.69) is 29.1 Å². The number of aromatic nitrogens is 2. The van der Waals surface area contributed by atoms with Gasteiger partial charge in [0.15, 0.2) is 0 Å². The standard InChI is InChI=1S/C17H21F2N3/c1-12-16(11-22(20-12)17(18)19)15-7-5-14(6-8-15)13(2)21-9-3-4-10-21/h5-8,11,13,17H,3-4,9-10H2,1-2H3. The number of hydrogen-bond donors (Lipinski definition) is 0. The van der Waals surface area contributed by atoms with Crippen LogP contribution in [-0.4, -0.2) is 27.8 Å². The molecule has 0 N–H and O–H groups in total. The third kappa shape index (κ3) is 2.90. The van der Waals surface area contributed by atoms with Gasteiger partial charge in [-0.25, -0.2) is 4.68 Å². The lowest BCUT2D eigenvalue weighted by atomic mass is 10.0. The van der Waals surface area contributed by atoms with Gasteiger partial charge in [0.25, 0.3) is 0 Å². The molecule has 3 nitrogen and oxygen atoms in total. The van der Waals surface area contributed by atoms with Crippen LogP contribution in [0.25, 0.3) is 11.1 Å². The molecule has 1 aromatic carbocycles. The highest BCUT2D eigenvalue weighted by Gasteiger charge is 2.19. The molecule has 1 unspecified atom stereocenters. The molecule has 0 spiro atoms. The summed E-state index contributed by atoms with van der Waals surface area (Å²) in [4.78, 5) is 2.48. The van der Waals surface area contributed by atoms with Crippen LogP contribution in [0.2, 0.25) is 0 Å². The number of likely N-dealkylation sites (tertiary alicyclic amines) is 1.